The van der Waals surface area contributed by atoms with Gasteiger partial charge in [0.05, 0.1) is 12.2 Å². The lowest BCUT2D eigenvalue weighted by atomic mass is 9.94. The SMILES string of the molecule is CC(=O)O[C@H]1CC(C(C)C)O[C@@H](C)C1. The fourth-order valence-electron chi connectivity index (χ4n) is 1.90. The summed E-state index contributed by atoms with van der Waals surface area (Å²) in [5.74, 6) is 0.294. The highest BCUT2D eigenvalue weighted by molar-refractivity contribution is 5.66. The molecule has 0 N–H and O–H groups in total. The van der Waals surface area contributed by atoms with Gasteiger partial charge in [-0.1, -0.05) is 13.8 Å². The van der Waals surface area contributed by atoms with Crippen LogP contribution >= 0.6 is 0 Å². The van der Waals surface area contributed by atoms with Gasteiger partial charge in [0.15, 0.2) is 0 Å². The Morgan fingerprint density at radius 2 is 2.07 bits per heavy atom. The van der Waals surface area contributed by atoms with E-state index in [0.717, 1.165) is 12.8 Å². The molecule has 3 atom stereocenters. The van der Waals surface area contributed by atoms with Crippen molar-refractivity contribution in [1.29, 1.82) is 0 Å². The Hall–Kier alpha value is -0.570. The van der Waals surface area contributed by atoms with Gasteiger partial charge in [-0.05, 0) is 12.8 Å². The van der Waals surface area contributed by atoms with Crippen LogP contribution in [0.4, 0.5) is 0 Å². The molecule has 0 bridgehead atoms. The molecule has 0 aromatic carbocycles. The van der Waals surface area contributed by atoms with Crippen molar-refractivity contribution >= 4 is 5.97 Å². The third kappa shape index (κ3) is 3.29. The summed E-state index contributed by atoms with van der Waals surface area (Å²) in [5.41, 5.74) is 0. The Labute approximate surface area is 85.8 Å². The predicted molar refractivity (Wildman–Crippen MR) is 54.0 cm³/mol. The van der Waals surface area contributed by atoms with Gasteiger partial charge in [-0.2, -0.15) is 0 Å². The second-order valence-electron chi connectivity index (χ2n) is 4.43. The molecule has 14 heavy (non-hydrogen) atoms. The molecule has 0 aromatic heterocycles. The molecule has 0 saturated carbocycles. The van der Waals surface area contributed by atoms with Crippen molar-refractivity contribution in [1.82, 2.24) is 0 Å². The Morgan fingerprint density at radius 1 is 1.43 bits per heavy atom. The topological polar surface area (TPSA) is 35.5 Å². The van der Waals surface area contributed by atoms with E-state index < -0.39 is 0 Å². The molecule has 1 rings (SSSR count). The number of ether oxygens (including phenoxy) is 2. The van der Waals surface area contributed by atoms with E-state index in [2.05, 4.69) is 13.8 Å². The van der Waals surface area contributed by atoms with Gasteiger partial charge in [-0.25, -0.2) is 0 Å². The molecule has 1 aliphatic rings. The highest BCUT2D eigenvalue weighted by Gasteiger charge is 2.30. The molecule has 0 aliphatic carbocycles. The Kier molecular flexibility index (Phi) is 3.93. The van der Waals surface area contributed by atoms with Crippen molar-refractivity contribution in [3.63, 3.8) is 0 Å². The van der Waals surface area contributed by atoms with E-state index >= 15 is 0 Å². The molecular weight excluding hydrogens is 180 g/mol. The molecular formula is C11H20O3. The molecule has 0 aromatic rings. The number of hydrogen-bond acceptors (Lipinski definition) is 3. The Bertz CT molecular complexity index is 201. The number of esters is 1. The van der Waals surface area contributed by atoms with Crippen LogP contribution in [0.1, 0.15) is 40.5 Å². The lowest BCUT2D eigenvalue weighted by molar-refractivity contribution is -0.161. The van der Waals surface area contributed by atoms with Gasteiger partial charge in [-0.3, -0.25) is 4.79 Å². The maximum Gasteiger partial charge on any atom is 0.302 e. The summed E-state index contributed by atoms with van der Waals surface area (Å²) in [4.78, 5) is 10.8. The summed E-state index contributed by atoms with van der Waals surface area (Å²) in [7, 11) is 0. The highest BCUT2D eigenvalue weighted by Crippen LogP contribution is 2.26. The number of carbonyl (C=O) groups excluding carboxylic acids is 1. The van der Waals surface area contributed by atoms with Crippen LogP contribution in [0.2, 0.25) is 0 Å². The van der Waals surface area contributed by atoms with E-state index in [1.165, 1.54) is 6.92 Å². The van der Waals surface area contributed by atoms with Crippen molar-refractivity contribution in [3.05, 3.63) is 0 Å². The second-order valence-corrected chi connectivity index (χ2v) is 4.43. The summed E-state index contributed by atoms with van der Waals surface area (Å²) in [6, 6.07) is 0. The third-order valence-electron chi connectivity index (χ3n) is 2.57. The van der Waals surface area contributed by atoms with Crippen molar-refractivity contribution in [3.8, 4) is 0 Å². The average molecular weight is 200 g/mol. The minimum absolute atomic E-state index is 0.0450. The summed E-state index contributed by atoms with van der Waals surface area (Å²) < 4.78 is 11.0. The van der Waals surface area contributed by atoms with Crippen LogP contribution in [-0.4, -0.2) is 24.3 Å². The molecule has 1 fully saturated rings. The van der Waals surface area contributed by atoms with Gasteiger partial charge in [0.1, 0.15) is 6.10 Å². The van der Waals surface area contributed by atoms with E-state index in [9.17, 15) is 4.79 Å². The Balaban J connectivity index is 2.49. The lowest BCUT2D eigenvalue weighted by Gasteiger charge is -2.35. The van der Waals surface area contributed by atoms with E-state index in [-0.39, 0.29) is 24.3 Å². The first kappa shape index (κ1) is 11.5. The molecule has 0 amide bonds. The number of carbonyl (C=O) groups is 1. The first-order chi connectivity index (χ1) is 6.49. The zero-order valence-electron chi connectivity index (χ0n) is 9.45. The number of hydrogen-bond donors (Lipinski definition) is 0. The van der Waals surface area contributed by atoms with E-state index in [1.54, 1.807) is 0 Å². The van der Waals surface area contributed by atoms with Gasteiger partial charge in [-0.15, -0.1) is 0 Å². The first-order valence-electron chi connectivity index (χ1n) is 5.31. The molecule has 1 aliphatic heterocycles. The number of rotatable bonds is 2. The van der Waals surface area contributed by atoms with Crippen molar-refractivity contribution in [2.45, 2.75) is 58.8 Å². The zero-order valence-corrected chi connectivity index (χ0v) is 9.45. The summed E-state index contributed by atoms with van der Waals surface area (Å²) in [6.07, 6.45) is 2.12. The summed E-state index contributed by atoms with van der Waals surface area (Å²) in [5, 5.41) is 0. The van der Waals surface area contributed by atoms with Gasteiger partial charge in [0.25, 0.3) is 0 Å². The Morgan fingerprint density at radius 3 is 2.57 bits per heavy atom. The maximum absolute atomic E-state index is 10.8. The monoisotopic (exact) mass is 200 g/mol. The van der Waals surface area contributed by atoms with Gasteiger partial charge in [0, 0.05) is 19.8 Å². The van der Waals surface area contributed by atoms with Crippen LogP contribution in [0.25, 0.3) is 0 Å². The summed E-state index contributed by atoms with van der Waals surface area (Å²) in [6.45, 7) is 7.76. The molecule has 1 heterocycles. The first-order valence-corrected chi connectivity index (χ1v) is 5.31. The molecule has 1 saturated heterocycles. The van der Waals surface area contributed by atoms with Crippen molar-refractivity contribution in [2.24, 2.45) is 5.92 Å². The van der Waals surface area contributed by atoms with Gasteiger partial charge < -0.3 is 9.47 Å². The van der Waals surface area contributed by atoms with E-state index in [1.807, 2.05) is 6.92 Å². The fourth-order valence-corrected chi connectivity index (χ4v) is 1.90. The minimum Gasteiger partial charge on any atom is -0.462 e. The van der Waals surface area contributed by atoms with Gasteiger partial charge in [0.2, 0.25) is 0 Å². The minimum atomic E-state index is -0.188. The molecule has 0 radical (unpaired) electrons. The molecule has 1 unspecified atom stereocenters. The fraction of sp³-hybridized carbons (Fsp3) is 0.909. The largest absolute Gasteiger partial charge is 0.462 e. The quantitative estimate of drug-likeness (QED) is 0.641. The smallest absolute Gasteiger partial charge is 0.302 e. The van der Waals surface area contributed by atoms with E-state index in [4.69, 9.17) is 9.47 Å². The van der Waals surface area contributed by atoms with Gasteiger partial charge >= 0.3 is 5.97 Å². The molecule has 82 valence electrons. The van der Waals surface area contributed by atoms with Crippen LogP contribution in [0.3, 0.4) is 0 Å². The zero-order chi connectivity index (χ0) is 10.7. The van der Waals surface area contributed by atoms with Crippen LogP contribution in [-0.2, 0) is 14.3 Å². The predicted octanol–water partition coefficient (Wildman–Crippen LogP) is 2.14. The molecule has 3 nitrogen and oxygen atoms in total. The molecule has 0 spiro atoms. The van der Waals surface area contributed by atoms with Crippen molar-refractivity contribution < 1.29 is 14.3 Å². The van der Waals surface area contributed by atoms with Crippen LogP contribution in [0.15, 0.2) is 0 Å². The molecule has 3 heteroatoms. The third-order valence-corrected chi connectivity index (χ3v) is 2.57. The van der Waals surface area contributed by atoms with Crippen LogP contribution < -0.4 is 0 Å². The standard InChI is InChI=1S/C11H20O3/c1-7(2)11-6-10(14-9(4)12)5-8(3)13-11/h7-8,10-11H,5-6H2,1-4H3/t8-,10+,11?/m0/s1. The van der Waals surface area contributed by atoms with Crippen LogP contribution in [0.5, 0.6) is 0 Å². The summed E-state index contributed by atoms with van der Waals surface area (Å²) >= 11 is 0. The van der Waals surface area contributed by atoms with Crippen LogP contribution in [0, 0.1) is 5.92 Å². The maximum atomic E-state index is 10.8. The highest BCUT2D eigenvalue weighted by atomic mass is 16.6. The average Bonchev–Trinajstić information content (AvgIpc) is 2.01. The normalized spacial score (nSPS) is 33.1. The van der Waals surface area contributed by atoms with E-state index in [0.29, 0.717) is 5.92 Å². The lowest BCUT2D eigenvalue weighted by Crippen LogP contribution is -2.38. The second kappa shape index (κ2) is 4.78. The van der Waals surface area contributed by atoms with Crippen molar-refractivity contribution in [2.75, 3.05) is 0 Å².